The Bertz CT molecular complexity index is 456. The second-order valence-corrected chi connectivity index (χ2v) is 3.83. The number of hydrogen-bond acceptors (Lipinski definition) is 2. The van der Waals surface area contributed by atoms with Crippen LogP contribution in [0.5, 0.6) is 0 Å². The lowest BCUT2D eigenvalue weighted by molar-refractivity contribution is 0.482. The van der Waals surface area contributed by atoms with E-state index < -0.39 is 0 Å². The van der Waals surface area contributed by atoms with Gasteiger partial charge in [-0.15, -0.1) is 0 Å². The Balaban J connectivity index is 1.92. The molecule has 0 amide bonds. The quantitative estimate of drug-likeness (QED) is 0.885. The first-order valence-corrected chi connectivity index (χ1v) is 5.30. The molecule has 1 aromatic carbocycles. The largest absolute Gasteiger partial charge is 0.468 e. The Morgan fingerprint density at radius 3 is 2.88 bits per heavy atom. The summed E-state index contributed by atoms with van der Waals surface area (Å²) in [5.74, 6) is 0.562. The van der Waals surface area contributed by atoms with Crippen molar-refractivity contribution in [1.29, 1.82) is 0 Å². The zero-order chi connectivity index (χ0) is 11.4. The van der Waals surface area contributed by atoms with Crippen molar-refractivity contribution >= 4 is 11.6 Å². The predicted molar refractivity (Wildman–Crippen MR) is 60.7 cm³/mol. The van der Waals surface area contributed by atoms with Crippen LogP contribution >= 0.6 is 11.6 Å². The van der Waals surface area contributed by atoms with E-state index in [1.165, 1.54) is 12.1 Å². The van der Waals surface area contributed by atoms with Crippen LogP contribution in [0.2, 0.25) is 5.02 Å². The summed E-state index contributed by atoms with van der Waals surface area (Å²) < 4.78 is 18.1. The number of furan rings is 1. The van der Waals surface area contributed by atoms with Crippen molar-refractivity contribution in [3.8, 4) is 0 Å². The van der Waals surface area contributed by atoms with Crippen molar-refractivity contribution in [2.75, 3.05) is 0 Å². The first-order chi connectivity index (χ1) is 7.75. The second kappa shape index (κ2) is 5.14. The molecule has 4 heteroatoms. The van der Waals surface area contributed by atoms with Crippen molar-refractivity contribution in [2.24, 2.45) is 0 Å². The van der Waals surface area contributed by atoms with Crippen molar-refractivity contribution in [3.05, 3.63) is 58.8 Å². The van der Waals surface area contributed by atoms with Crippen LogP contribution in [0.1, 0.15) is 11.3 Å². The average Bonchev–Trinajstić information content (AvgIpc) is 2.76. The molecule has 0 spiro atoms. The molecular weight excluding hydrogens is 229 g/mol. The minimum Gasteiger partial charge on any atom is -0.468 e. The summed E-state index contributed by atoms with van der Waals surface area (Å²) in [4.78, 5) is 0. The van der Waals surface area contributed by atoms with Gasteiger partial charge in [-0.1, -0.05) is 11.6 Å². The molecule has 16 heavy (non-hydrogen) atoms. The molecule has 2 aromatic rings. The van der Waals surface area contributed by atoms with E-state index in [-0.39, 0.29) is 5.82 Å². The molecule has 0 fully saturated rings. The molecule has 0 aliphatic rings. The molecule has 2 rings (SSSR count). The molecule has 0 atom stereocenters. The van der Waals surface area contributed by atoms with E-state index in [9.17, 15) is 4.39 Å². The summed E-state index contributed by atoms with van der Waals surface area (Å²) in [5.41, 5.74) is 0.744. The van der Waals surface area contributed by atoms with Crippen LogP contribution < -0.4 is 5.32 Å². The fourth-order valence-corrected chi connectivity index (χ4v) is 1.60. The van der Waals surface area contributed by atoms with E-state index >= 15 is 0 Å². The molecule has 2 nitrogen and oxygen atoms in total. The highest BCUT2D eigenvalue weighted by Crippen LogP contribution is 2.16. The number of hydrogen-bond donors (Lipinski definition) is 1. The smallest absolute Gasteiger partial charge is 0.123 e. The predicted octanol–water partition coefficient (Wildman–Crippen LogP) is 3.36. The molecule has 0 saturated carbocycles. The van der Waals surface area contributed by atoms with Crippen LogP contribution in [-0.2, 0) is 13.1 Å². The maximum Gasteiger partial charge on any atom is 0.123 e. The Hall–Kier alpha value is -1.32. The summed E-state index contributed by atoms with van der Waals surface area (Å²) >= 11 is 5.93. The Morgan fingerprint density at radius 2 is 2.12 bits per heavy atom. The van der Waals surface area contributed by atoms with Gasteiger partial charge in [0.15, 0.2) is 0 Å². The van der Waals surface area contributed by atoms with Crippen molar-refractivity contribution in [2.45, 2.75) is 13.1 Å². The summed E-state index contributed by atoms with van der Waals surface area (Å²) in [6.45, 7) is 1.11. The lowest BCUT2D eigenvalue weighted by atomic mass is 10.2. The van der Waals surface area contributed by atoms with Gasteiger partial charge in [0, 0.05) is 11.6 Å². The first-order valence-electron chi connectivity index (χ1n) is 4.93. The van der Waals surface area contributed by atoms with E-state index in [4.69, 9.17) is 16.0 Å². The third-order valence-electron chi connectivity index (χ3n) is 2.20. The van der Waals surface area contributed by atoms with Crippen LogP contribution in [-0.4, -0.2) is 0 Å². The maximum atomic E-state index is 12.9. The van der Waals surface area contributed by atoms with Crippen molar-refractivity contribution < 1.29 is 8.81 Å². The fraction of sp³-hybridized carbons (Fsp3) is 0.167. The van der Waals surface area contributed by atoms with Gasteiger partial charge in [0.25, 0.3) is 0 Å². The van der Waals surface area contributed by atoms with Crippen LogP contribution in [0, 0.1) is 5.82 Å². The van der Waals surface area contributed by atoms with Gasteiger partial charge in [-0.25, -0.2) is 4.39 Å². The summed E-state index contributed by atoms with van der Waals surface area (Å²) in [6.07, 6.45) is 1.62. The van der Waals surface area contributed by atoms with Crippen LogP contribution in [0.4, 0.5) is 4.39 Å². The SMILES string of the molecule is Fc1ccc(Cl)c(CNCc2ccco2)c1. The van der Waals surface area contributed by atoms with Gasteiger partial charge in [-0.2, -0.15) is 0 Å². The topological polar surface area (TPSA) is 25.2 Å². The highest BCUT2D eigenvalue weighted by atomic mass is 35.5. The molecule has 84 valence electrons. The van der Waals surface area contributed by atoms with E-state index in [1.54, 1.807) is 12.3 Å². The average molecular weight is 240 g/mol. The van der Waals surface area contributed by atoms with Crippen LogP contribution in [0.3, 0.4) is 0 Å². The monoisotopic (exact) mass is 239 g/mol. The minimum absolute atomic E-state index is 0.279. The van der Waals surface area contributed by atoms with Gasteiger partial charge in [0.05, 0.1) is 12.8 Å². The molecule has 0 unspecified atom stereocenters. The van der Waals surface area contributed by atoms with Crippen LogP contribution in [0.25, 0.3) is 0 Å². The number of rotatable bonds is 4. The Morgan fingerprint density at radius 1 is 1.25 bits per heavy atom. The number of halogens is 2. The highest BCUT2D eigenvalue weighted by Gasteiger charge is 2.02. The highest BCUT2D eigenvalue weighted by molar-refractivity contribution is 6.31. The Kier molecular flexibility index (Phi) is 3.59. The maximum absolute atomic E-state index is 12.9. The first kappa shape index (κ1) is 11.2. The molecule has 1 aromatic heterocycles. The molecule has 0 radical (unpaired) electrons. The zero-order valence-electron chi connectivity index (χ0n) is 8.54. The molecule has 0 bridgehead atoms. The lowest BCUT2D eigenvalue weighted by Gasteiger charge is -2.05. The van der Waals surface area contributed by atoms with Gasteiger partial charge in [-0.05, 0) is 35.9 Å². The molecule has 1 heterocycles. The Labute approximate surface area is 98.0 Å². The summed E-state index contributed by atoms with van der Waals surface area (Å²) in [6, 6.07) is 8.03. The molecule has 1 N–H and O–H groups in total. The van der Waals surface area contributed by atoms with E-state index in [2.05, 4.69) is 5.32 Å². The number of nitrogens with one attached hydrogen (secondary N) is 1. The second-order valence-electron chi connectivity index (χ2n) is 3.42. The van der Waals surface area contributed by atoms with Gasteiger partial charge in [-0.3, -0.25) is 0 Å². The zero-order valence-corrected chi connectivity index (χ0v) is 9.30. The molecule has 0 aliphatic heterocycles. The van der Waals surface area contributed by atoms with E-state index in [1.807, 2.05) is 12.1 Å². The van der Waals surface area contributed by atoms with Crippen LogP contribution in [0.15, 0.2) is 41.0 Å². The molecule has 0 aliphatic carbocycles. The molecule has 0 saturated heterocycles. The number of benzene rings is 1. The van der Waals surface area contributed by atoms with Gasteiger partial charge in [0.1, 0.15) is 11.6 Å². The van der Waals surface area contributed by atoms with Gasteiger partial charge in [0.2, 0.25) is 0 Å². The van der Waals surface area contributed by atoms with Crippen molar-refractivity contribution in [1.82, 2.24) is 5.32 Å². The molecular formula is C12H11ClFNO. The van der Waals surface area contributed by atoms with Gasteiger partial charge < -0.3 is 9.73 Å². The lowest BCUT2D eigenvalue weighted by Crippen LogP contribution is -2.12. The third-order valence-corrected chi connectivity index (χ3v) is 2.57. The fourth-order valence-electron chi connectivity index (χ4n) is 1.41. The summed E-state index contributed by atoms with van der Waals surface area (Å²) in [7, 11) is 0. The van der Waals surface area contributed by atoms with E-state index in [0.717, 1.165) is 11.3 Å². The third kappa shape index (κ3) is 2.84. The normalized spacial score (nSPS) is 10.6. The minimum atomic E-state index is -0.279. The standard InChI is InChI=1S/C12H11ClFNO/c13-12-4-3-10(14)6-9(12)7-15-8-11-2-1-5-16-11/h1-6,15H,7-8H2. The van der Waals surface area contributed by atoms with E-state index in [0.29, 0.717) is 18.1 Å². The van der Waals surface area contributed by atoms with Crippen molar-refractivity contribution in [3.63, 3.8) is 0 Å². The summed E-state index contributed by atoms with van der Waals surface area (Å²) in [5, 5.41) is 3.69. The van der Waals surface area contributed by atoms with Gasteiger partial charge >= 0.3 is 0 Å².